The second-order valence-corrected chi connectivity index (χ2v) is 7.39. The van der Waals surface area contributed by atoms with Crippen LogP contribution in [-0.4, -0.2) is 22.9 Å². The van der Waals surface area contributed by atoms with Crippen molar-refractivity contribution in [2.24, 2.45) is 11.0 Å². The van der Waals surface area contributed by atoms with Crippen molar-refractivity contribution in [3.63, 3.8) is 0 Å². The van der Waals surface area contributed by atoms with Gasteiger partial charge in [0.15, 0.2) is 12.0 Å². The third-order valence-corrected chi connectivity index (χ3v) is 5.10. The number of benzene rings is 1. The fourth-order valence-corrected chi connectivity index (χ4v) is 3.47. The molecule has 2 heterocycles. The summed E-state index contributed by atoms with van der Waals surface area (Å²) in [6, 6.07) is 6.67. The normalized spacial score (nSPS) is 19.3. The molecule has 0 saturated heterocycles. The van der Waals surface area contributed by atoms with Crippen LogP contribution in [0.1, 0.15) is 52.1 Å². The molecule has 2 N–H and O–H groups in total. The van der Waals surface area contributed by atoms with E-state index in [1.807, 2.05) is 0 Å². The fraction of sp³-hybridized carbons (Fsp3) is 0.333. The highest BCUT2D eigenvalue weighted by atomic mass is 79.9. The van der Waals surface area contributed by atoms with Crippen LogP contribution in [0.25, 0.3) is 0 Å². The van der Waals surface area contributed by atoms with Crippen LogP contribution in [0, 0.1) is 12.8 Å². The second-order valence-electron chi connectivity index (χ2n) is 6.48. The lowest BCUT2D eigenvalue weighted by atomic mass is 9.99. The number of carbonyl (C=O) groups excluding carboxylic acids is 1. The van der Waals surface area contributed by atoms with E-state index in [0.717, 1.165) is 12.8 Å². The monoisotopic (exact) mass is 423 g/mol. The van der Waals surface area contributed by atoms with Gasteiger partial charge in [-0.2, -0.15) is 0 Å². The molecule has 1 saturated carbocycles. The Hall–Kier alpha value is -2.22. The molecule has 2 aromatic rings. The summed E-state index contributed by atoms with van der Waals surface area (Å²) in [5.41, 5.74) is 3.49. The Morgan fingerprint density at radius 1 is 1.38 bits per heavy atom. The number of nitrogens with zero attached hydrogens (tertiary/aromatic N) is 1. The first-order valence-corrected chi connectivity index (χ1v) is 9.06. The Morgan fingerprint density at radius 2 is 2.15 bits per heavy atom. The van der Waals surface area contributed by atoms with E-state index in [2.05, 4.69) is 31.4 Å². The standard InChI is InChI=1S/C18H16BrF2N3O2/c1-8-12(15(25)10-3-2-4-11(19)7-10)14(16(20)21)22-13(8)18-24-23-17(26-18)9-5-6-9/h2-4,7,9,16-17,22-23H,5-6H2,1H3. The highest BCUT2D eigenvalue weighted by molar-refractivity contribution is 9.10. The van der Waals surface area contributed by atoms with Gasteiger partial charge in [0.25, 0.3) is 12.3 Å². The third kappa shape index (κ3) is 3.02. The molecular formula is C18H16BrF2N3O2. The van der Waals surface area contributed by atoms with E-state index in [0.29, 0.717) is 27.2 Å². The maximum absolute atomic E-state index is 13.6. The van der Waals surface area contributed by atoms with Gasteiger partial charge < -0.3 is 9.72 Å². The third-order valence-electron chi connectivity index (χ3n) is 4.61. The largest absolute Gasteiger partial charge is 0.450 e. The summed E-state index contributed by atoms with van der Waals surface area (Å²) < 4.78 is 33.6. The highest BCUT2D eigenvalue weighted by Gasteiger charge is 2.38. The first-order chi connectivity index (χ1) is 12.5. The molecule has 26 heavy (non-hydrogen) atoms. The van der Waals surface area contributed by atoms with E-state index in [-0.39, 0.29) is 17.7 Å². The summed E-state index contributed by atoms with van der Waals surface area (Å²) in [7, 11) is 0. The smallest absolute Gasteiger partial charge is 0.279 e. The van der Waals surface area contributed by atoms with Crippen molar-refractivity contribution >= 4 is 27.6 Å². The Bertz CT molecular complexity index is 906. The lowest BCUT2D eigenvalue weighted by Crippen LogP contribution is -2.24. The summed E-state index contributed by atoms with van der Waals surface area (Å²) in [5, 5.41) is 4.12. The summed E-state index contributed by atoms with van der Waals surface area (Å²) in [4.78, 5) is 15.5. The first-order valence-electron chi connectivity index (χ1n) is 8.27. The van der Waals surface area contributed by atoms with Crippen LogP contribution < -0.4 is 5.43 Å². The number of hydrogen-bond acceptors (Lipinski definition) is 4. The quantitative estimate of drug-likeness (QED) is 0.705. The van der Waals surface area contributed by atoms with Crippen molar-refractivity contribution < 1.29 is 18.3 Å². The highest BCUT2D eigenvalue weighted by Crippen LogP contribution is 2.36. The maximum atomic E-state index is 13.6. The molecule has 0 bridgehead atoms. The zero-order valence-electron chi connectivity index (χ0n) is 13.9. The van der Waals surface area contributed by atoms with Gasteiger partial charge in [0.05, 0.1) is 11.3 Å². The Balaban J connectivity index is 1.72. The number of ether oxygens (including phenoxy) is 1. The molecule has 1 aromatic carbocycles. The molecule has 1 atom stereocenters. The summed E-state index contributed by atoms with van der Waals surface area (Å²) in [5.74, 6) is 0.144. The zero-order valence-corrected chi connectivity index (χ0v) is 15.4. The molecule has 5 nitrogen and oxygen atoms in total. The minimum Gasteiger partial charge on any atom is -0.450 e. The summed E-state index contributed by atoms with van der Waals surface area (Å²) >= 11 is 3.30. The van der Waals surface area contributed by atoms with Crippen LogP contribution in [0.15, 0.2) is 33.8 Å². The number of hydrogen-bond donors (Lipinski definition) is 2. The predicted octanol–water partition coefficient (Wildman–Crippen LogP) is 4.27. The van der Waals surface area contributed by atoms with Crippen LogP contribution in [0.4, 0.5) is 8.78 Å². The number of aromatic nitrogens is 1. The van der Waals surface area contributed by atoms with E-state index < -0.39 is 17.9 Å². The van der Waals surface area contributed by atoms with E-state index in [1.165, 1.54) is 0 Å². The van der Waals surface area contributed by atoms with Gasteiger partial charge in [-0.15, -0.1) is 5.10 Å². The summed E-state index contributed by atoms with van der Waals surface area (Å²) in [6.45, 7) is 1.62. The van der Waals surface area contributed by atoms with Crippen LogP contribution in [0.3, 0.4) is 0 Å². The van der Waals surface area contributed by atoms with Gasteiger partial charge in [0.1, 0.15) is 5.69 Å². The Morgan fingerprint density at radius 3 is 2.81 bits per heavy atom. The Kier molecular flexibility index (Phi) is 4.30. The number of H-pyrrole nitrogens is 1. The molecule has 1 fully saturated rings. The van der Waals surface area contributed by atoms with E-state index >= 15 is 0 Å². The number of alkyl halides is 2. The van der Waals surface area contributed by atoms with Crippen molar-refractivity contribution in [1.29, 1.82) is 0 Å². The van der Waals surface area contributed by atoms with Crippen molar-refractivity contribution in [2.45, 2.75) is 32.4 Å². The molecule has 0 amide bonds. The molecular weight excluding hydrogens is 408 g/mol. The van der Waals surface area contributed by atoms with Gasteiger partial charge in [-0.05, 0) is 37.5 Å². The minimum atomic E-state index is -2.82. The zero-order chi connectivity index (χ0) is 18.4. The SMILES string of the molecule is Cc1c(C2=NNC(C3CC3)O2)[nH]c(C(F)F)c1C(=O)c1cccc(Br)c1. The van der Waals surface area contributed by atoms with E-state index in [9.17, 15) is 13.6 Å². The van der Waals surface area contributed by atoms with Gasteiger partial charge in [-0.3, -0.25) is 10.2 Å². The second kappa shape index (κ2) is 6.50. The minimum absolute atomic E-state index is 0.0331. The van der Waals surface area contributed by atoms with Gasteiger partial charge in [0, 0.05) is 16.0 Å². The molecule has 1 unspecified atom stereocenters. The van der Waals surface area contributed by atoms with Crippen LogP contribution in [-0.2, 0) is 4.74 Å². The average molecular weight is 424 g/mol. The molecule has 2 aliphatic rings. The van der Waals surface area contributed by atoms with Gasteiger partial charge in [-0.1, -0.05) is 28.1 Å². The maximum Gasteiger partial charge on any atom is 0.279 e. The molecule has 8 heteroatoms. The van der Waals surface area contributed by atoms with Crippen molar-refractivity contribution in [1.82, 2.24) is 10.4 Å². The molecule has 1 aromatic heterocycles. The van der Waals surface area contributed by atoms with Gasteiger partial charge >= 0.3 is 0 Å². The van der Waals surface area contributed by atoms with Gasteiger partial charge in [0.2, 0.25) is 0 Å². The average Bonchev–Trinajstić information content (AvgIpc) is 3.24. The van der Waals surface area contributed by atoms with Crippen LogP contribution >= 0.6 is 15.9 Å². The van der Waals surface area contributed by atoms with Crippen molar-refractivity contribution in [3.05, 3.63) is 56.8 Å². The number of rotatable bonds is 5. The van der Waals surface area contributed by atoms with E-state index in [1.54, 1.807) is 31.2 Å². The lowest BCUT2D eigenvalue weighted by molar-refractivity contribution is 0.102. The van der Waals surface area contributed by atoms with E-state index in [4.69, 9.17) is 4.74 Å². The topological polar surface area (TPSA) is 66.5 Å². The molecule has 4 rings (SSSR count). The molecule has 0 spiro atoms. The predicted molar refractivity (Wildman–Crippen MR) is 95.3 cm³/mol. The Labute approximate surface area is 156 Å². The molecule has 136 valence electrons. The van der Waals surface area contributed by atoms with Crippen LogP contribution in [0.2, 0.25) is 0 Å². The van der Waals surface area contributed by atoms with Crippen molar-refractivity contribution in [2.75, 3.05) is 0 Å². The number of hydrazone groups is 1. The molecule has 0 radical (unpaired) electrons. The number of aromatic amines is 1. The molecule has 1 aliphatic carbocycles. The number of nitrogens with one attached hydrogen (secondary N) is 2. The first kappa shape index (κ1) is 17.2. The fourth-order valence-electron chi connectivity index (χ4n) is 3.07. The number of halogens is 3. The number of ketones is 1. The van der Waals surface area contributed by atoms with Crippen molar-refractivity contribution in [3.8, 4) is 0 Å². The lowest BCUT2D eigenvalue weighted by Gasteiger charge is -2.09. The van der Waals surface area contributed by atoms with Gasteiger partial charge in [-0.25, -0.2) is 8.78 Å². The number of carbonyl (C=O) groups is 1. The molecule has 1 aliphatic heterocycles. The van der Waals surface area contributed by atoms with Crippen LogP contribution in [0.5, 0.6) is 0 Å². The summed E-state index contributed by atoms with van der Waals surface area (Å²) in [6.07, 6.45) is -0.937.